The summed E-state index contributed by atoms with van der Waals surface area (Å²) in [7, 11) is 1.73. The van der Waals surface area contributed by atoms with E-state index in [9.17, 15) is 0 Å². The molecule has 0 amide bonds. The molecule has 2 aliphatic heterocycles. The Kier molecular flexibility index (Phi) is 4.79. The third-order valence-electron chi connectivity index (χ3n) is 5.41. The summed E-state index contributed by atoms with van der Waals surface area (Å²) in [6.45, 7) is 5.54. The van der Waals surface area contributed by atoms with E-state index in [1.807, 2.05) is 6.07 Å². The van der Waals surface area contributed by atoms with E-state index in [0.717, 1.165) is 38.5 Å². The molecule has 0 bridgehead atoms. The molecule has 1 fully saturated rings. The number of fused-ring (bicyclic) bond motifs is 1. The van der Waals surface area contributed by atoms with Gasteiger partial charge in [-0.05, 0) is 36.6 Å². The lowest BCUT2D eigenvalue weighted by Gasteiger charge is -2.39. The van der Waals surface area contributed by atoms with Crippen molar-refractivity contribution in [2.75, 3.05) is 50.1 Å². The summed E-state index contributed by atoms with van der Waals surface area (Å²) in [5, 5.41) is 3.73. The summed E-state index contributed by atoms with van der Waals surface area (Å²) in [4.78, 5) is 5.06. The Morgan fingerprint density at radius 2 is 1.88 bits per heavy atom. The summed E-state index contributed by atoms with van der Waals surface area (Å²) in [6, 6.07) is 17.7. The normalized spacial score (nSPS) is 20.7. The van der Waals surface area contributed by atoms with Gasteiger partial charge in [0.05, 0.1) is 7.11 Å². The van der Waals surface area contributed by atoms with Gasteiger partial charge in [0.1, 0.15) is 5.75 Å². The zero-order chi connectivity index (χ0) is 17.1. The van der Waals surface area contributed by atoms with E-state index in [2.05, 4.69) is 57.6 Å². The number of piperazine rings is 1. The van der Waals surface area contributed by atoms with Crippen molar-refractivity contribution >= 4 is 11.4 Å². The van der Waals surface area contributed by atoms with Crippen LogP contribution < -0.4 is 15.0 Å². The molecule has 0 spiro atoms. The van der Waals surface area contributed by atoms with Crippen molar-refractivity contribution in [1.82, 2.24) is 4.90 Å². The van der Waals surface area contributed by atoms with Crippen LogP contribution in [-0.2, 0) is 6.42 Å². The first-order valence-corrected chi connectivity index (χ1v) is 9.27. The fourth-order valence-corrected chi connectivity index (χ4v) is 3.95. The van der Waals surface area contributed by atoms with Crippen LogP contribution in [0.3, 0.4) is 0 Å². The maximum absolute atomic E-state index is 5.35. The van der Waals surface area contributed by atoms with Crippen molar-refractivity contribution in [2.45, 2.75) is 18.9 Å². The van der Waals surface area contributed by atoms with Crippen LogP contribution in [0.4, 0.5) is 11.4 Å². The van der Waals surface area contributed by atoms with Gasteiger partial charge < -0.3 is 15.0 Å². The molecule has 4 nitrogen and oxygen atoms in total. The minimum atomic E-state index is 0.568. The molecule has 0 saturated carbocycles. The Morgan fingerprint density at radius 3 is 2.72 bits per heavy atom. The molecule has 0 aromatic heterocycles. The first-order chi connectivity index (χ1) is 12.3. The van der Waals surface area contributed by atoms with Crippen molar-refractivity contribution in [3.8, 4) is 5.75 Å². The average Bonchev–Trinajstić information content (AvgIpc) is 2.68. The monoisotopic (exact) mass is 337 g/mol. The Bertz CT molecular complexity index is 710. The third-order valence-corrected chi connectivity index (χ3v) is 5.41. The number of hydrogen-bond acceptors (Lipinski definition) is 4. The molecule has 25 heavy (non-hydrogen) atoms. The van der Waals surface area contributed by atoms with Crippen molar-refractivity contribution < 1.29 is 4.74 Å². The van der Waals surface area contributed by atoms with Crippen LogP contribution >= 0.6 is 0 Å². The van der Waals surface area contributed by atoms with Gasteiger partial charge in [-0.3, -0.25) is 4.90 Å². The number of nitrogens with one attached hydrogen (secondary N) is 1. The molecule has 0 aliphatic carbocycles. The van der Waals surface area contributed by atoms with Gasteiger partial charge >= 0.3 is 0 Å². The van der Waals surface area contributed by atoms with Crippen LogP contribution in [0, 0.1) is 0 Å². The number of ether oxygens (including phenoxy) is 1. The highest BCUT2D eigenvalue weighted by atomic mass is 16.5. The number of anilines is 2. The molecule has 4 heteroatoms. The van der Waals surface area contributed by atoms with Crippen LogP contribution in [0.2, 0.25) is 0 Å². The topological polar surface area (TPSA) is 27.7 Å². The SMILES string of the molecule is COc1cccc(N2CCN(CC3CCc4ccccc4N3)CC2)c1. The Morgan fingerprint density at radius 1 is 1.04 bits per heavy atom. The first-order valence-electron chi connectivity index (χ1n) is 9.27. The zero-order valence-corrected chi connectivity index (χ0v) is 14.9. The summed E-state index contributed by atoms with van der Waals surface area (Å²) in [5.74, 6) is 0.935. The molecule has 2 aromatic carbocycles. The minimum absolute atomic E-state index is 0.568. The fraction of sp³-hybridized carbons (Fsp3) is 0.429. The molecule has 1 saturated heterocycles. The molecule has 2 aromatic rings. The van der Waals surface area contributed by atoms with Crippen molar-refractivity contribution in [3.63, 3.8) is 0 Å². The average molecular weight is 337 g/mol. The number of para-hydroxylation sites is 1. The molecule has 1 unspecified atom stereocenters. The van der Waals surface area contributed by atoms with Gasteiger partial charge in [0.25, 0.3) is 0 Å². The molecule has 0 radical (unpaired) electrons. The van der Waals surface area contributed by atoms with Gasteiger partial charge in [0.2, 0.25) is 0 Å². The van der Waals surface area contributed by atoms with Crippen LogP contribution in [0.15, 0.2) is 48.5 Å². The molecule has 2 heterocycles. The Balaban J connectivity index is 1.31. The lowest BCUT2D eigenvalue weighted by molar-refractivity contribution is 0.243. The van der Waals surface area contributed by atoms with E-state index < -0.39 is 0 Å². The second-order valence-electron chi connectivity index (χ2n) is 7.03. The number of hydrogen-bond donors (Lipinski definition) is 1. The maximum Gasteiger partial charge on any atom is 0.120 e. The maximum atomic E-state index is 5.35. The van der Waals surface area contributed by atoms with Gasteiger partial charge in [0.15, 0.2) is 0 Å². The Hall–Kier alpha value is -2.20. The van der Waals surface area contributed by atoms with Gasteiger partial charge in [-0.1, -0.05) is 24.3 Å². The van der Waals surface area contributed by atoms with E-state index in [-0.39, 0.29) is 0 Å². The lowest BCUT2D eigenvalue weighted by atomic mass is 9.97. The predicted molar refractivity (Wildman–Crippen MR) is 104 cm³/mol. The van der Waals surface area contributed by atoms with E-state index in [0.29, 0.717) is 6.04 Å². The van der Waals surface area contributed by atoms with Crippen LogP contribution in [0.1, 0.15) is 12.0 Å². The highest BCUT2D eigenvalue weighted by Crippen LogP contribution is 2.26. The van der Waals surface area contributed by atoms with E-state index in [4.69, 9.17) is 4.74 Å². The zero-order valence-electron chi connectivity index (χ0n) is 14.9. The molecular formula is C21H27N3O. The quantitative estimate of drug-likeness (QED) is 0.927. The van der Waals surface area contributed by atoms with Crippen molar-refractivity contribution in [3.05, 3.63) is 54.1 Å². The minimum Gasteiger partial charge on any atom is -0.497 e. The van der Waals surface area contributed by atoms with E-state index >= 15 is 0 Å². The second-order valence-corrected chi connectivity index (χ2v) is 7.03. The smallest absolute Gasteiger partial charge is 0.120 e. The number of aryl methyl sites for hydroxylation is 1. The molecular weight excluding hydrogens is 310 g/mol. The predicted octanol–water partition coefficient (Wildman–Crippen LogP) is 3.24. The summed E-state index contributed by atoms with van der Waals surface area (Å²) >= 11 is 0. The van der Waals surface area contributed by atoms with Crippen LogP contribution in [-0.4, -0.2) is 50.8 Å². The highest BCUT2D eigenvalue weighted by Gasteiger charge is 2.23. The molecule has 4 rings (SSSR count). The van der Waals surface area contributed by atoms with Crippen LogP contribution in [0.5, 0.6) is 5.75 Å². The Labute approximate surface area is 150 Å². The highest BCUT2D eigenvalue weighted by molar-refractivity contribution is 5.54. The van der Waals surface area contributed by atoms with Gasteiger partial charge in [-0.25, -0.2) is 0 Å². The summed E-state index contributed by atoms with van der Waals surface area (Å²) in [6.07, 6.45) is 2.42. The van der Waals surface area contributed by atoms with Gasteiger partial charge in [0, 0.05) is 56.2 Å². The second kappa shape index (κ2) is 7.36. The number of nitrogens with zero attached hydrogens (tertiary/aromatic N) is 2. The summed E-state index contributed by atoms with van der Waals surface area (Å²) < 4.78 is 5.35. The van der Waals surface area contributed by atoms with Crippen molar-refractivity contribution in [2.24, 2.45) is 0 Å². The molecule has 132 valence electrons. The number of rotatable bonds is 4. The van der Waals surface area contributed by atoms with Gasteiger partial charge in [-0.2, -0.15) is 0 Å². The van der Waals surface area contributed by atoms with Gasteiger partial charge in [-0.15, -0.1) is 0 Å². The van der Waals surface area contributed by atoms with E-state index in [1.54, 1.807) is 7.11 Å². The number of benzene rings is 2. The molecule has 2 aliphatic rings. The third kappa shape index (κ3) is 3.74. The molecule has 1 atom stereocenters. The number of methoxy groups -OCH3 is 1. The summed E-state index contributed by atoms with van der Waals surface area (Å²) in [5.41, 5.74) is 4.05. The largest absolute Gasteiger partial charge is 0.497 e. The molecule has 1 N–H and O–H groups in total. The van der Waals surface area contributed by atoms with E-state index in [1.165, 1.54) is 29.8 Å². The lowest BCUT2D eigenvalue weighted by Crippen LogP contribution is -2.50. The fourth-order valence-electron chi connectivity index (χ4n) is 3.95. The first kappa shape index (κ1) is 16.3. The standard InChI is InChI=1S/C21H27N3O/c1-25-20-7-4-6-19(15-20)24-13-11-23(12-14-24)16-18-10-9-17-5-2-3-8-21(17)22-18/h2-8,15,18,22H,9-14,16H2,1H3. The van der Waals surface area contributed by atoms with Crippen molar-refractivity contribution in [1.29, 1.82) is 0 Å². The van der Waals surface area contributed by atoms with Crippen LogP contribution in [0.25, 0.3) is 0 Å².